The number of rotatable bonds is 2. The van der Waals surface area contributed by atoms with Crippen LogP contribution in [0.4, 0.5) is 0 Å². The van der Waals surface area contributed by atoms with Crippen molar-refractivity contribution in [3.8, 4) is 5.75 Å². The van der Waals surface area contributed by atoms with E-state index in [0.717, 1.165) is 23.8 Å². The van der Waals surface area contributed by atoms with Crippen molar-refractivity contribution in [2.24, 2.45) is 22.4 Å². The molecule has 4 rings (SSSR count). The predicted molar refractivity (Wildman–Crippen MR) is 94.1 cm³/mol. The molecule has 2 fully saturated rings. The van der Waals surface area contributed by atoms with Crippen molar-refractivity contribution >= 4 is 10.3 Å². The molecule has 24 heavy (non-hydrogen) atoms. The maximum Gasteiger partial charge on any atom is 0.380 e. The molecule has 2 saturated carbocycles. The molecule has 0 saturated heterocycles. The summed E-state index contributed by atoms with van der Waals surface area (Å²) >= 11 is 0. The first-order valence-electron chi connectivity index (χ1n) is 9.12. The van der Waals surface area contributed by atoms with Gasteiger partial charge in [-0.05, 0) is 91.4 Å². The van der Waals surface area contributed by atoms with Gasteiger partial charge >= 0.3 is 10.3 Å². The summed E-state index contributed by atoms with van der Waals surface area (Å²) in [6.45, 7) is 4.41. The number of benzene rings is 1. The third-order valence-corrected chi connectivity index (χ3v) is 7.42. The minimum atomic E-state index is -3.97. The van der Waals surface area contributed by atoms with E-state index in [1.165, 1.54) is 49.7 Å². The Morgan fingerprint density at radius 1 is 1.21 bits per heavy atom. The summed E-state index contributed by atoms with van der Waals surface area (Å²) in [5.41, 5.74) is 4.11. The maximum absolute atomic E-state index is 11.3. The molecule has 0 aromatic heterocycles. The molecule has 1 aromatic carbocycles. The zero-order chi connectivity index (χ0) is 17.1. The summed E-state index contributed by atoms with van der Waals surface area (Å²) in [5.74, 6) is 2.68. The van der Waals surface area contributed by atoms with Crippen molar-refractivity contribution in [1.82, 2.24) is 0 Å². The lowest BCUT2D eigenvalue weighted by molar-refractivity contribution is 0.0598. The fourth-order valence-corrected chi connectivity index (χ4v) is 6.35. The van der Waals surface area contributed by atoms with Gasteiger partial charge in [-0.25, -0.2) is 0 Å². The average molecular weight is 349 g/mol. The van der Waals surface area contributed by atoms with Crippen LogP contribution in [0.25, 0.3) is 0 Å². The van der Waals surface area contributed by atoms with E-state index in [-0.39, 0.29) is 0 Å². The van der Waals surface area contributed by atoms with E-state index < -0.39 is 10.3 Å². The van der Waals surface area contributed by atoms with Gasteiger partial charge in [-0.2, -0.15) is 13.6 Å². The summed E-state index contributed by atoms with van der Waals surface area (Å²) in [6, 6.07) is 4.07. The van der Waals surface area contributed by atoms with Crippen molar-refractivity contribution < 1.29 is 12.6 Å². The van der Waals surface area contributed by atoms with Gasteiger partial charge in [0.05, 0.1) is 0 Å². The standard InChI is InChI=1S/C19H27NO3S/c1-12-10-16-13(11-18(12)23-24(20,21)22)5-6-15-14(16)7-9-19(2)8-3-4-17(15)19/h10-11,14-15,17H,3-9H2,1-2H3,(H2,20,21,22)/t14?,15?,17?,19-/m0/s1. The van der Waals surface area contributed by atoms with E-state index in [2.05, 4.69) is 13.0 Å². The number of nitrogens with two attached hydrogens (primary N) is 1. The van der Waals surface area contributed by atoms with Gasteiger partial charge in [-0.3, -0.25) is 0 Å². The third kappa shape index (κ3) is 2.66. The lowest BCUT2D eigenvalue weighted by atomic mass is 9.56. The summed E-state index contributed by atoms with van der Waals surface area (Å²) in [4.78, 5) is 0. The molecule has 0 amide bonds. The molecule has 5 heteroatoms. The highest BCUT2D eigenvalue weighted by molar-refractivity contribution is 7.84. The van der Waals surface area contributed by atoms with Crippen LogP contribution in [-0.4, -0.2) is 8.42 Å². The van der Waals surface area contributed by atoms with Gasteiger partial charge in [0, 0.05) is 0 Å². The van der Waals surface area contributed by atoms with E-state index >= 15 is 0 Å². The van der Waals surface area contributed by atoms with Gasteiger partial charge in [0.15, 0.2) is 0 Å². The van der Waals surface area contributed by atoms with Gasteiger partial charge in [-0.1, -0.05) is 19.4 Å². The topological polar surface area (TPSA) is 69.4 Å². The molecule has 0 aliphatic heterocycles. The van der Waals surface area contributed by atoms with E-state index in [1.807, 2.05) is 13.0 Å². The van der Waals surface area contributed by atoms with E-state index in [1.54, 1.807) is 0 Å². The Morgan fingerprint density at radius 2 is 2.00 bits per heavy atom. The minimum absolute atomic E-state index is 0.385. The lowest BCUT2D eigenvalue weighted by Crippen LogP contribution is -2.39. The Labute approximate surface area is 145 Å². The van der Waals surface area contributed by atoms with Crippen molar-refractivity contribution in [3.63, 3.8) is 0 Å². The summed E-state index contributed by atoms with van der Waals surface area (Å²) < 4.78 is 27.5. The van der Waals surface area contributed by atoms with Crippen LogP contribution in [0.5, 0.6) is 5.75 Å². The quantitative estimate of drug-likeness (QED) is 0.882. The maximum atomic E-state index is 11.3. The van der Waals surface area contributed by atoms with Crippen LogP contribution >= 0.6 is 0 Å². The highest BCUT2D eigenvalue weighted by Gasteiger charge is 2.50. The molecular weight excluding hydrogens is 322 g/mol. The van der Waals surface area contributed by atoms with Crippen molar-refractivity contribution in [2.75, 3.05) is 0 Å². The van der Waals surface area contributed by atoms with Crippen LogP contribution in [0.15, 0.2) is 12.1 Å². The second-order valence-corrected chi connectivity index (χ2v) is 9.55. The molecule has 3 aliphatic rings. The van der Waals surface area contributed by atoms with Gasteiger partial charge in [0.25, 0.3) is 0 Å². The van der Waals surface area contributed by atoms with Crippen LogP contribution in [0, 0.1) is 24.2 Å². The van der Waals surface area contributed by atoms with E-state index in [0.29, 0.717) is 17.1 Å². The molecule has 0 heterocycles. The molecule has 2 N–H and O–H groups in total. The Kier molecular flexibility index (Phi) is 3.73. The Balaban J connectivity index is 1.69. The van der Waals surface area contributed by atoms with Gasteiger partial charge in [0.1, 0.15) is 5.75 Å². The van der Waals surface area contributed by atoms with Gasteiger partial charge in [0.2, 0.25) is 0 Å². The largest absolute Gasteiger partial charge is 0.380 e. The second kappa shape index (κ2) is 5.46. The Hall–Kier alpha value is -1.07. The zero-order valence-electron chi connectivity index (χ0n) is 14.5. The predicted octanol–water partition coefficient (Wildman–Crippen LogP) is 3.82. The van der Waals surface area contributed by atoms with E-state index in [4.69, 9.17) is 9.32 Å². The first-order chi connectivity index (χ1) is 11.3. The molecular formula is C19H27NO3S. The summed E-state index contributed by atoms with van der Waals surface area (Å²) in [6.07, 6.45) is 9.00. The van der Waals surface area contributed by atoms with Crippen LogP contribution in [0.3, 0.4) is 0 Å². The minimum Gasteiger partial charge on any atom is -0.371 e. The third-order valence-electron chi connectivity index (χ3n) is 7.01. The molecule has 132 valence electrons. The first-order valence-corrected chi connectivity index (χ1v) is 10.6. The SMILES string of the molecule is Cc1cc2c(cc1OS(N)(=O)=O)CCC1C2CC[C@]2(C)CCCC12. The second-order valence-electron chi connectivity index (χ2n) is 8.39. The Bertz CT molecular complexity index is 773. The molecule has 4 nitrogen and oxygen atoms in total. The monoisotopic (exact) mass is 349 g/mol. The molecule has 0 radical (unpaired) electrons. The summed E-state index contributed by atoms with van der Waals surface area (Å²) in [5, 5.41) is 5.04. The summed E-state index contributed by atoms with van der Waals surface area (Å²) in [7, 11) is -3.97. The lowest BCUT2D eigenvalue weighted by Gasteiger charge is -2.49. The number of aryl methyl sites for hydroxylation is 2. The normalized spacial score (nSPS) is 35.0. The molecule has 0 bridgehead atoms. The van der Waals surface area contributed by atoms with Gasteiger partial charge < -0.3 is 4.18 Å². The number of hydrogen-bond donors (Lipinski definition) is 1. The highest BCUT2D eigenvalue weighted by Crippen LogP contribution is 2.61. The molecule has 1 aromatic rings. The fourth-order valence-electron chi connectivity index (χ4n) is 5.92. The average Bonchev–Trinajstić information content (AvgIpc) is 2.88. The smallest absolute Gasteiger partial charge is 0.371 e. The van der Waals surface area contributed by atoms with Crippen LogP contribution in [0.1, 0.15) is 68.1 Å². The van der Waals surface area contributed by atoms with Crippen LogP contribution < -0.4 is 9.32 Å². The van der Waals surface area contributed by atoms with Crippen molar-refractivity contribution in [2.45, 2.75) is 64.7 Å². The van der Waals surface area contributed by atoms with E-state index in [9.17, 15) is 8.42 Å². The van der Waals surface area contributed by atoms with Crippen molar-refractivity contribution in [3.05, 3.63) is 28.8 Å². The first kappa shape index (κ1) is 16.4. The number of hydrogen-bond acceptors (Lipinski definition) is 3. The molecule has 4 atom stereocenters. The number of fused-ring (bicyclic) bond motifs is 5. The highest BCUT2D eigenvalue weighted by atomic mass is 32.2. The molecule has 3 aliphatic carbocycles. The fraction of sp³-hybridized carbons (Fsp3) is 0.684. The van der Waals surface area contributed by atoms with Crippen LogP contribution in [0.2, 0.25) is 0 Å². The van der Waals surface area contributed by atoms with Gasteiger partial charge in [-0.15, -0.1) is 0 Å². The van der Waals surface area contributed by atoms with Crippen molar-refractivity contribution in [1.29, 1.82) is 0 Å². The van der Waals surface area contributed by atoms with Crippen LogP contribution in [-0.2, 0) is 16.7 Å². The molecule has 0 spiro atoms. The Morgan fingerprint density at radius 3 is 2.75 bits per heavy atom. The molecule has 3 unspecified atom stereocenters. The zero-order valence-corrected chi connectivity index (χ0v) is 15.4.